The summed E-state index contributed by atoms with van der Waals surface area (Å²) in [6.07, 6.45) is 17.7. The quantitative estimate of drug-likeness (QED) is 0.259. The average Bonchev–Trinajstić information content (AvgIpc) is 3.55. The van der Waals surface area contributed by atoms with Gasteiger partial charge in [-0.2, -0.15) is 0 Å². The molecule has 2 aromatic rings. The van der Waals surface area contributed by atoms with Crippen LogP contribution < -0.4 is 0 Å². The molecule has 0 bridgehead atoms. The second-order valence-electron chi connectivity index (χ2n) is 19.3. The van der Waals surface area contributed by atoms with Crippen molar-refractivity contribution in [2.45, 2.75) is 113 Å². The number of fused-ring (bicyclic) bond motifs is 7. The third-order valence-corrected chi connectivity index (χ3v) is 16.3. The SMILES string of the molecule is CC1(C)CC[C@]2(C(=O)O)CC[C@]3(C)C(=CCC4[C@@]5(C)CCC(/C=[N+]6\C=C(c7ccc(-c8ccccc8)cc7)N=N6)C(C)(C)C5CC[C@]43C)C2C1. The number of carboxylic acid groups (broad SMARTS) is 1. The van der Waals surface area contributed by atoms with Crippen molar-refractivity contribution >= 4 is 17.9 Å². The van der Waals surface area contributed by atoms with E-state index >= 15 is 0 Å². The molecule has 8 rings (SSSR count). The van der Waals surface area contributed by atoms with E-state index in [1.54, 1.807) is 0 Å². The van der Waals surface area contributed by atoms with Crippen molar-refractivity contribution in [1.29, 1.82) is 0 Å². The van der Waals surface area contributed by atoms with Gasteiger partial charge in [0.2, 0.25) is 0 Å². The Labute approximate surface area is 300 Å². The monoisotopic (exact) mass is 672 g/mol. The van der Waals surface area contributed by atoms with E-state index in [9.17, 15) is 9.90 Å². The molecule has 4 fully saturated rings. The van der Waals surface area contributed by atoms with E-state index in [-0.39, 0.29) is 33.0 Å². The lowest BCUT2D eigenvalue weighted by Gasteiger charge is -2.71. The van der Waals surface area contributed by atoms with Crippen molar-refractivity contribution in [3.63, 3.8) is 0 Å². The maximum Gasteiger partial charge on any atom is 0.310 e. The molecule has 0 aromatic heterocycles. The molecule has 1 N–H and O–H groups in total. The molecule has 4 unspecified atom stereocenters. The Hall–Kier alpha value is -3.34. The van der Waals surface area contributed by atoms with Crippen molar-refractivity contribution in [2.75, 3.05) is 0 Å². The first-order valence-electron chi connectivity index (χ1n) is 19.5. The highest BCUT2D eigenvalue weighted by molar-refractivity contribution is 5.77. The lowest BCUT2D eigenvalue weighted by atomic mass is 9.33. The summed E-state index contributed by atoms with van der Waals surface area (Å²) in [5, 5.41) is 19.9. The summed E-state index contributed by atoms with van der Waals surface area (Å²) in [6, 6.07) is 19.1. The third-order valence-electron chi connectivity index (χ3n) is 16.3. The summed E-state index contributed by atoms with van der Waals surface area (Å²) in [6.45, 7) is 17.6. The highest BCUT2D eigenvalue weighted by Crippen LogP contribution is 2.76. The number of carboxylic acids is 1. The second-order valence-corrected chi connectivity index (χ2v) is 19.3. The van der Waals surface area contributed by atoms with Crippen LogP contribution in [-0.2, 0) is 4.79 Å². The number of carbonyl (C=O) groups is 1. The van der Waals surface area contributed by atoms with E-state index in [4.69, 9.17) is 0 Å². The molecule has 0 spiro atoms. The Balaban J connectivity index is 1.05. The fourth-order valence-corrected chi connectivity index (χ4v) is 13.1. The molecule has 1 aliphatic heterocycles. The molecule has 5 nitrogen and oxygen atoms in total. The molecule has 0 radical (unpaired) electrons. The summed E-state index contributed by atoms with van der Waals surface area (Å²) in [7, 11) is 0. The molecule has 0 saturated heterocycles. The Morgan fingerprint density at radius 2 is 1.48 bits per heavy atom. The van der Waals surface area contributed by atoms with E-state index in [1.165, 1.54) is 36.0 Å². The minimum absolute atomic E-state index is 0.0600. The van der Waals surface area contributed by atoms with Gasteiger partial charge < -0.3 is 5.11 Å². The van der Waals surface area contributed by atoms with E-state index < -0.39 is 11.4 Å². The average molecular weight is 673 g/mol. The van der Waals surface area contributed by atoms with Crippen LogP contribution in [0.15, 0.2) is 82.8 Å². The van der Waals surface area contributed by atoms with Crippen LogP contribution in [0, 0.1) is 56.2 Å². The zero-order valence-electron chi connectivity index (χ0n) is 31.5. The fourth-order valence-electron chi connectivity index (χ4n) is 13.1. The minimum Gasteiger partial charge on any atom is -0.481 e. The van der Waals surface area contributed by atoms with Crippen molar-refractivity contribution < 1.29 is 14.6 Å². The molecule has 1 heterocycles. The van der Waals surface area contributed by atoms with Crippen LogP contribution in [0.2, 0.25) is 0 Å². The molecule has 5 heteroatoms. The molecule has 6 aliphatic rings. The lowest BCUT2D eigenvalue weighted by molar-refractivity contribution is -0.462. The maximum absolute atomic E-state index is 13.0. The summed E-state index contributed by atoms with van der Waals surface area (Å²) in [4.78, 5) is 13.0. The predicted molar refractivity (Wildman–Crippen MR) is 201 cm³/mol. The highest BCUT2D eigenvalue weighted by Gasteiger charge is 2.69. The van der Waals surface area contributed by atoms with Crippen molar-refractivity contribution in [3.8, 4) is 11.1 Å². The molecular formula is C45H58N3O2+. The number of allylic oxidation sites excluding steroid dienone is 2. The molecular weight excluding hydrogens is 615 g/mol. The van der Waals surface area contributed by atoms with E-state index in [0.717, 1.165) is 56.2 Å². The van der Waals surface area contributed by atoms with Gasteiger partial charge in [0.1, 0.15) is 11.4 Å². The van der Waals surface area contributed by atoms with E-state index in [0.29, 0.717) is 17.8 Å². The van der Waals surface area contributed by atoms with E-state index in [1.807, 2.05) is 4.68 Å². The zero-order valence-corrected chi connectivity index (χ0v) is 31.5. The third kappa shape index (κ3) is 4.84. The number of rotatable bonds is 4. The minimum atomic E-state index is -0.576. The molecule has 0 amide bonds. The van der Waals surface area contributed by atoms with Gasteiger partial charge in [0.25, 0.3) is 5.70 Å². The highest BCUT2D eigenvalue weighted by atomic mass is 16.4. The van der Waals surface area contributed by atoms with Gasteiger partial charge in [-0.1, -0.05) is 103 Å². The molecule has 50 heavy (non-hydrogen) atoms. The summed E-state index contributed by atoms with van der Waals surface area (Å²) >= 11 is 0. The van der Waals surface area contributed by atoms with Crippen LogP contribution in [0.25, 0.3) is 16.8 Å². The van der Waals surface area contributed by atoms with Gasteiger partial charge in [-0.3, -0.25) is 4.79 Å². The molecule has 5 aliphatic carbocycles. The van der Waals surface area contributed by atoms with Crippen LogP contribution in [-0.4, -0.2) is 22.0 Å². The van der Waals surface area contributed by atoms with Crippen LogP contribution in [0.4, 0.5) is 0 Å². The maximum atomic E-state index is 13.0. The van der Waals surface area contributed by atoms with Gasteiger partial charge in [-0.15, -0.1) is 4.68 Å². The first kappa shape index (κ1) is 33.8. The van der Waals surface area contributed by atoms with Gasteiger partial charge in [-0.05, 0) is 132 Å². The van der Waals surface area contributed by atoms with Crippen LogP contribution >= 0.6 is 0 Å². The van der Waals surface area contributed by atoms with Crippen molar-refractivity contribution in [2.24, 2.45) is 66.5 Å². The topological polar surface area (TPSA) is 65.0 Å². The molecule has 8 atom stereocenters. The smallest absolute Gasteiger partial charge is 0.310 e. The standard InChI is InChI=1S/C45H57N3O2/c1-40(2)23-25-45(39(49)50)26-24-43(6)34(35(45)27-40)17-18-38-42(5)21-19-33(41(3,4)37(42)20-22-44(38,43)7)28-48-29-36(46-47-48)32-15-13-31(14-16-32)30-11-9-8-10-12-30/h8-17,28-29,33,35,37-38H,18-27H2,1-7H3/p+1/b48-28+/t33?,35?,37?,38?,42-,43+,44+,45-/m0/s1. The Kier molecular flexibility index (Phi) is 7.65. The summed E-state index contributed by atoms with van der Waals surface area (Å²) in [5.74, 6) is 1.27. The zero-order chi connectivity index (χ0) is 35.3. The largest absolute Gasteiger partial charge is 0.481 e. The first-order valence-corrected chi connectivity index (χ1v) is 19.5. The fraction of sp³-hybridized carbons (Fsp3) is 0.600. The Bertz CT molecular complexity index is 1820. The van der Waals surface area contributed by atoms with Crippen molar-refractivity contribution in [1.82, 2.24) is 0 Å². The number of aliphatic carboxylic acids is 1. The number of hydrogen-bond acceptors (Lipinski definition) is 3. The van der Waals surface area contributed by atoms with Crippen molar-refractivity contribution in [3.05, 3.63) is 78.0 Å². The van der Waals surface area contributed by atoms with Gasteiger partial charge in [0.05, 0.1) is 10.5 Å². The Morgan fingerprint density at radius 1 is 0.800 bits per heavy atom. The number of nitrogens with zero attached hydrogens (tertiary/aromatic N) is 3. The van der Waals surface area contributed by atoms with Gasteiger partial charge in [0, 0.05) is 11.5 Å². The molecule has 4 saturated carbocycles. The Morgan fingerprint density at radius 3 is 2.20 bits per heavy atom. The first-order chi connectivity index (χ1) is 23.6. The lowest BCUT2D eigenvalue weighted by Crippen LogP contribution is -2.64. The normalized spacial score (nSPS) is 40.5. The predicted octanol–water partition coefficient (Wildman–Crippen LogP) is 11.6. The van der Waals surface area contributed by atoms with Crippen LogP contribution in [0.3, 0.4) is 0 Å². The van der Waals surface area contributed by atoms with Gasteiger partial charge >= 0.3 is 5.97 Å². The molecule has 264 valence electrons. The number of hydrogen-bond donors (Lipinski definition) is 1. The summed E-state index contributed by atoms with van der Waals surface area (Å²) < 4.78 is 1.99. The van der Waals surface area contributed by atoms with Crippen LogP contribution in [0.5, 0.6) is 0 Å². The molecule has 2 aromatic carbocycles. The van der Waals surface area contributed by atoms with Gasteiger partial charge in [0.15, 0.2) is 6.20 Å². The summed E-state index contributed by atoms with van der Waals surface area (Å²) in [5.41, 5.74) is 6.17. The number of benzene rings is 2. The van der Waals surface area contributed by atoms with Gasteiger partial charge in [-0.25, -0.2) is 0 Å². The second kappa shape index (κ2) is 11.3. The van der Waals surface area contributed by atoms with Crippen LogP contribution in [0.1, 0.15) is 118 Å². The van der Waals surface area contributed by atoms with E-state index in [2.05, 4.69) is 132 Å².